The SMILES string of the molecule is CCCCCCCCCCCCCCCCCCCCCCCC(=O)O[C@H](COC(=O)CCCCCCCCCCC(C)C)COP(=O)(O)OC[C@@H](O)COP(=O)(O)OC[C@@H](COC(=O)CCCCCCCCC(C)C)OC(=O)CCCCCCCCCCCCC. The van der Waals surface area contributed by atoms with Crippen LogP contribution in [-0.4, -0.2) is 96.7 Å². The first-order valence-corrected chi connectivity index (χ1v) is 41.0. The third kappa shape index (κ3) is 66.7. The van der Waals surface area contributed by atoms with Gasteiger partial charge in [-0.05, 0) is 37.5 Å². The maximum atomic E-state index is 13.0. The van der Waals surface area contributed by atoms with Gasteiger partial charge in [0, 0.05) is 25.7 Å². The first-order chi connectivity index (χ1) is 44.4. The van der Waals surface area contributed by atoms with E-state index in [9.17, 15) is 43.2 Å². The smallest absolute Gasteiger partial charge is 0.462 e. The normalized spacial score (nSPS) is 14.1. The number of carbonyl (C=O) groups is 4. The van der Waals surface area contributed by atoms with E-state index >= 15 is 0 Å². The second kappa shape index (κ2) is 65.0. The molecular formula is C73H142O17P2. The number of ether oxygens (including phenoxy) is 4. The topological polar surface area (TPSA) is 237 Å². The summed E-state index contributed by atoms with van der Waals surface area (Å²) in [4.78, 5) is 72.5. The summed E-state index contributed by atoms with van der Waals surface area (Å²) in [5.41, 5.74) is 0. The van der Waals surface area contributed by atoms with Crippen molar-refractivity contribution in [1.29, 1.82) is 0 Å². The van der Waals surface area contributed by atoms with Crippen molar-refractivity contribution in [1.82, 2.24) is 0 Å². The Hall–Kier alpha value is -1.94. The molecule has 3 N–H and O–H groups in total. The summed E-state index contributed by atoms with van der Waals surface area (Å²) in [5.74, 6) is -0.718. The molecule has 0 spiro atoms. The zero-order chi connectivity index (χ0) is 67.9. The molecule has 0 bridgehead atoms. The van der Waals surface area contributed by atoms with Crippen LogP contribution in [0.5, 0.6) is 0 Å². The number of esters is 4. The van der Waals surface area contributed by atoms with Crippen LogP contribution in [0.4, 0.5) is 0 Å². The van der Waals surface area contributed by atoms with Gasteiger partial charge in [-0.15, -0.1) is 0 Å². The molecular weight excluding hydrogens is 1210 g/mol. The van der Waals surface area contributed by atoms with Crippen LogP contribution in [0.25, 0.3) is 0 Å². The Kier molecular flexibility index (Phi) is 63.7. The minimum Gasteiger partial charge on any atom is -0.462 e. The summed E-state index contributed by atoms with van der Waals surface area (Å²) in [5, 5.41) is 10.6. The fourth-order valence-electron chi connectivity index (χ4n) is 11.1. The lowest BCUT2D eigenvalue weighted by molar-refractivity contribution is -0.161. The minimum absolute atomic E-state index is 0.106. The molecule has 0 saturated heterocycles. The molecule has 0 aromatic heterocycles. The fraction of sp³-hybridized carbons (Fsp3) is 0.945. The van der Waals surface area contributed by atoms with Gasteiger partial charge in [0.15, 0.2) is 12.2 Å². The summed E-state index contributed by atoms with van der Waals surface area (Å²) in [6, 6.07) is 0. The van der Waals surface area contributed by atoms with Gasteiger partial charge in [-0.3, -0.25) is 37.3 Å². The van der Waals surface area contributed by atoms with Crippen LogP contribution in [0.2, 0.25) is 0 Å². The maximum absolute atomic E-state index is 13.0. The lowest BCUT2D eigenvalue weighted by atomic mass is 10.0. The number of unbranched alkanes of at least 4 members (excludes halogenated alkanes) is 42. The van der Waals surface area contributed by atoms with Gasteiger partial charge >= 0.3 is 39.5 Å². The van der Waals surface area contributed by atoms with Crippen molar-refractivity contribution in [3.8, 4) is 0 Å². The molecule has 2 unspecified atom stereocenters. The van der Waals surface area contributed by atoms with Gasteiger partial charge in [0.1, 0.15) is 19.3 Å². The van der Waals surface area contributed by atoms with Crippen molar-refractivity contribution in [2.45, 2.75) is 394 Å². The quantitative estimate of drug-likeness (QED) is 0.0222. The second-order valence-electron chi connectivity index (χ2n) is 27.3. The van der Waals surface area contributed by atoms with E-state index in [0.717, 1.165) is 102 Å². The van der Waals surface area contributed by atoms with Gasteiger partial charge in [0.05, 0.1) is 26.4 Å². The zero-order valence-corrected chi connectivity index (χ0v) is 61.6. The van der Waals surface area contributed by atoms with Crippen molar-refractivity contribution >= 4 is 39.5 Å². The molecule has 0 amide bonds. The molecule has 0 fully saturated rings. The Labute approximate surface area is 562 Å². The minimum atomic E-state index is -4.95. The Balaban J connectivity index is 5.16. The molecule has 0 heterocycles. The van der Waals surface area contributed by atoms with Crippen molar-refractivity contribution in [3.05, 3.63) is 0 Å². The van der Waals surface area contributed by atoms with Crippen molar-refractivity contribution < 1.29 is 80.2 Å². The first-order valence-electron chi connectivity index (χ1n) is 38.0. The molecule has 5 atom stereocenters. The predicted molar refractivity (Wildman–Crippen MR) is 372 cm³/mol. The van der Waals surface area contributed by atoms with Crippen LogP contribution < -0.4 is 0 Å². The summed E-state index contributed by atoms with van der Waals surface area (Å²) < 4.78 is 68.3. The van der Waals surface area contributed by atoms with Crippen LogP contribution in [0.1, 0.15) is 375 Å². The Morgan fingerprint density at radius 1 is 0.293 bits per heavy atom. The summed E-state index contributed by atoms with van der Waals surface area (Å²) >= 11 is 0. The summed E-state index contributed by atoms with van der Waals surface area (Å²) in [7, 11) is -9.90. The molecule has 19 heteroatoms. The number of hydrogen-bond acceptors (Lipinski definition) is 15. The van der Waals surface area contributed by atoms with Crippen molar-refractivity contribution in [2.24, 2.45) is 11.8 Å². The van der Waals surface area contributed by atoms with Gasteiger partial charge in [0.25, 0.3) is 0 Å². The van der Waals surface area contributed by atoms with E-state index in [-0.39, 0.29) is 25.7 Å². The van der Waals surface area contributed by atoms with E-state index in [0.29, 0.717) is 31.6 Å². The molecule has 92 heavy (non-hydrogen) atoms. The number of phosphoric acid groups is 2. The number of aliphatic hydroxyl groups excluding tert-OH is 1. The van der Waals surface area contributed by atoms with Crippen molar-refractivity contribution in [2.75, 3.05) is 39.6 Å². The molecule has 0 aromatic carbocycles. The number of phosphoric ester groups is 2. The number of carbonyl (C=O) groups excluding carboxylic acids is 4. The van der Waals surface area contributed by atoms with Gasteiger partial charge < -0.3 is 33.8 Å². The molecule has 0 aromatic rings. The average molecular weight is 1350 g/mol. The highest BCUT2D eigenvalue weighted by atomic mass is 31.2. The monoisotopic (exact) mass is 1350 g/mol. The molecule has 0 radical (unpaired) electrons. The average Bonchev–Trinajstić information content (AvgIpc) is 3.18. The number of aliphatic hydroxyl groups is 1. The molecule has 17 nitrogen and oxygen atoms in total. The fourth-order valence-corrected chi connectivity index (χ4v) is 12.7. The standard InChI is InChI=1S/C73H142O17P2/c1-7-9-11-13-15-17-19-20-21-22-23-24-25-26-27-28-30-32-38-46-52-58-73(78)89-68(61-83-70(75)55-49-43-36-34-33-35-41-47-53-65(3)4)63-87-91(79,80)85-59-67(74)60-86-92(81,82)88-64-69(62-84-71(76)56-50-44-40-39-42-48-54-66(5)6)90-72(77)57-51-45-37-31-29-18-16-14-12-10-8-2/h65-69,74H,7-64H2,1-6H3,(H,79,80)(H,81,82)/t67-,68-,69-/m1/s1. The van der Waals surface area contributed by atoms with Crippen LogP contribution in [-0.2, 0) is 65.4 Å². The lowest BCUT2D eigenvalue weighted by Gasteiger charge is -2.21. The summed E-state index contributed by atoms with van der Waals surface area (Å²) in [6.45, 7) is 9.44. The molecule has 0 rings (SSSR count). The van der Waals surface area contributed by atoms with Crippen molar-refractivity contribution in [3.63, 3.8) is 0 Å². The third-order valence-electron chi connectivity index (χ3n) is 17.0. The van der Waals surface area contributed by atoms with Crippen LogP contribution in [0.15, 0.2) is 0 Å². The maximum Gasteiger partial charge on any atom is 0.472 e. The predicted octanol–water partition coefficient (Wildman–Crippen LogP) is 21.2. The van der Waals surface area contributed by atoms with E-state index in [1.807, 2.05) is 0 Å². The molecule has 0 aliphatic rings. The molecule has 546 valence electrons. The summed E-state index contributed by atoms with van der Waals surface area (Å²) in [6.07, 6.45) is 51.7. The number of rotatable bonds is 72. The van der Waals surface area contributed by atoms with Gasteiger partial charge in [0.2, 0.25) is 0 Å². The van der Waals surface area contributed by atoms with Crippen LogP contribution in [0, 0.1) is 11.8 Å². The van der Waals surface area contributed by atoms with E-state index in [2.05, 4.69) is 41.5 Å². The zero-order valence-electron chi connectivity index (χ0n) is 59.9. The van der Waals surface area contributed by atoms with Gasteiger partial charge in [-0.1, -0.05) is 324 Å². The van der Waals surface area contributed by atoms with Crippen LogP contribution >= 0.6 is 15.6 Å². The first kappa shape index (κ1) is 90.1. The van der Waals surface area contributed by atoms with E-state index < -0.39 is 97.5 Å². The molecule has 0 saturated carbocycles. The Bertz CT molecular complexity index is 1790. The third-order valence-corrected chi connectivity index (χ3v) is 18.9. The highest BCUT2D eigenvalue weighted by molar-refractivity contribution is 7.47. The number of hydrogen-bond donors (Lipinski definition) is 3. The van der Waals surface area contributed by atoms with Gasteiger partial charge in [-0.25, -0.2) is 9.13 Å². The van der Waals surface area contributed by atoms with E-state index in [1.54, 1.807) is 0 Å². The van der Waals surface area contributed by atoms with Crippen LogP contribution in [0.3, 0.4) is 0 Å². The lowest BCUT2D eigenvalue weighted by Crippen LogP contribution is -2.30. The van der Waals surface area contributed by atoms with Gasteiger partial charge in [-0.2, -0.15) is 0 Å². The Morgan fingerprint density at radius 2 is 0.500 bits per heavy atom. The largest absolute Gasteiger partial charge is 0.472 e. The highest BCUT2D eigenvalue weighted by Gasteiger charge is 2.30. The second-order valence-corrected chi connectivity index (χ2v) is 30.2. The highest BCUT2D eigenvalue weighted by Crippen LogP contribution is 2.45. The molecule has 0 aliphatic heterocycles. The van der Waals surface area contributed by atoms with E-state index in [4.69, 9.17) is 37.0 Å². The Morgan fingerprint density at radius 3 is 0.739 bits per heavy atom. The van der Waals surface area contributed by atoms with E-state index in [1.165, 1.54) is 186 Å². The molecule has 0 aliphatic carbocycles.